The second kappa shape index (κ2) is 21.9. The maximum absolute atomic E-state index is 7.11. The highest BCUT2D eigenvalue weighted by molar-refractivity contribution is 7.26. The average molecular weight is 1390 g/mol. The number of hydrogen-bond acceptors (Lipinski definition) is 8. The number of fused-ring (bicyclic) bond motifs is 26. The highest BCUT2D eigenvalue weighted by Crippen LogP contribution is 2.48. The first-order valence-electron chi connectivity index (χ1n) is 35.7. The lowest BCUT2D eigenvalue weighted by molar-refractivity contribution is 0.651. The number of furan rings is 2. The van der Waals surface area contributed by atoms with E-state index >= 15 is 0 Å². The van der Waals surface area contributed by atoms with E-state index in [2.05, 4.69) is 319 Å². The lowest BCUT2D eigenvalue weighted by Gasteiger charge is -2.10. The number of rotatable bonds is 7. The predicted molar refractivity (Wildman–Crippen MR) is 444 cm³/mol. The van der Waals surface area contributed by atoms with Crippen molar-refractivity contribution >= 4 is 194 Å². The van der Waals surface area contributed by atoms with E-state index < -0.39 is 0 Å². The molecule has 16 aromatic carbocycles. The molecular weight excluding hydrogens is 1330 g/mol. The van der Waals surface area contributed by atoms with Gasteiger partial charge in [0.15, 0.2) is 5.58 Å². The number of aromatic nitrogens is 6. The van der Waals surface area contributed by atoms with E-state index in [0.29, 0.717) is 23.2 Å². The molecule has 490 valence electrons. The van der Waals surface area contributed by atoms with Crippen molar-refractivity contribution in [2.75, 3.05) is 0 Å². The zero-order chi connectivity index (χ0) is 69.0. The molecule has 0 radical (unpaired) electrons. The molecule has 8 aromatic heterocycles. The van der Waals surface area contributed by atoms with E-state index in [-0.39, 0.29) is 0 Å². The summed E-state index contributed by atoms with van der Waals surface area (Å²) >= 11 is 3.61. The van der Waals surface area contributed by atoms with Gasteiger partial charge in [0, 0.05) is 83.8 Å². The van der Waals surface area contributed by atoms with Gasteiger partial charge in [-0.15, -0.1) is 22.7 Å². The number of hydrogen-bond donors (Lipinski definition) is 0. The SMILES string of the molecule is c1ccc(-c2ccc3c(c2)oc2nc(-n4c5ccc6ccccc6c5c5c6ccccc6ccc54)nc(-c4ccc5c(c4)sc4ccc(-c6ccc(-c7ccc8c(c7)oc7c(-c9ccc%10c(c9)sc9ccccc9%10)nc(-n9c%10ccc%11ccccc%11c%10c%10c%11ccccc%11ccc%109)nc78)cc6)cc45)c23)cc1. The van der Waals surface area contributed by atoms with Crippen LogP contribution in [0.2, 0.25) is 0 Å². The molecule has 0 bridgehead atoms. The Morgan fingerprint density at radius 3 is 1.20 bits per heavy atom. The molecule has 0 saturated heterocycles. The van der Waals surface area contributed by atoms with Gasteiger partial charge in [0.1, 0.15) is 22.4 Å². The summed E-state index contributed by atoms with van der Waals surface area (Å²) in [7, 11) is 0. The molecule has 0 N–H and O–H groups in total. The van der Waals surface area contributed by atoms with Crippen molar-refractivity contribution in [3.05, 3.63) is 315 Å². The Hall–Kier alpha value is -13.6. The van der Waals surface area contributed by atoms with Crippen molar-refractivity contribution in [2.45, 2.75) is 0 Å². The zero-order valence-electron chi connectivity index (χ0n) is 56.3. The molecule has 0 aliphatic carbocycles. The standard InChI is InChI=1S/C96H52N6O2S2/c1-2-14-53(15-3-1)61-30-41-72-79(49-61)104-94-89(72)90(97-96(100-94)102-77-45-36-58-18-6-10-22-67(58)87(77)88-68-23-11-7-19-59(68)37-46-78(88)102)63-32-40-71-74-48-60(38-47-82(74)106-84(71)51-63)54-26-28-55(29-27-54)62-31-42-73-80(50-62)103-93-91(64-33-39-70-69-24-12-13-25-81(69)105-83(70)52-64)98-95(99-92(73)93)101-75-43-34-56-16-4-8-20-65(56)85(75)86-66-21-9-5-17-57(66)35-44-76(86)101/h1-52H. The summed E-state index contributed by atoms with van der Waals surface area (Å²) in [5.74, 6) is 1.14. The molecule has 0 fully saturated rings. The highest BCUT2D eigenvalue weighted by atomic mass is 32.1. The van der Waals surface area contributed by atoms with Crippen molar-refractivity contribution in [1.82, 2.24) is 29.1 Å². The van der Waals surface area contributed by atoms with E-state index in [9.17, 15) is 0 Å². The van der Waals surface area contributed by atoms with Gasteiger partial charge in [-0.3, -0.25) is 9.13 Å². The summed E-state index contributed by atoms with van der Waals surface area (Å²) in [6, 6.07) is 114. The summed E-state index contributed by atoms with van der Waals surface area (Å²) in [6.07, 6.45) is 0. The van der Waals surface area contributed by atoms with E-state index in [1.165, 1.54) is 105 Å². The smallest absolute Gasteiger partial charge is 0.238 e. The Kier molecular flexibility index (Phi) is 12.0. The van der Waals surface area contributed by atoms with Gasteiger partial charge < -0.3 is 8.83 Å². The predicted octanol–water partition coefficient (Wildman–Crippen LogP) is 26.9. The fraction of sp³-hybridized carbons (Fsp3) is 0. The van der Waals surface area contributed by atoms with E-state index in [0.717, 1.165) is 111 Å². The van der Waals surface area contributed by atoms with Gasteiger partial charge in [-0.1, -0.05) is 237 Å². The quantitative estimate of drug-likeness (QED) is 0.158. The fourth-order valence-electron chi connectivity index (χ4n) is 17.2. The van der Waals surface area contributed by atoms with Crippen molar-refractivity contribution in [3.8, 4) is 67.8 Å². The minimum Gasteiger partial charge on any atom is -0.452 e. The molecule has 0 aliphatic rings. The Balaban J connectivity index is 0.617. The lowest BCUT2D eigenvalue weighted by atomic mass is 9.98. The molecular formula is C96H52N6O2S2. The topological polar surface area (TPSA) is 87.7 Å². The monoisotopic (exact) mass is 1380 g/mol. The molecule has 0 amide bonds. The number of benzene rings is 16. The van der Waals surface area contributed by atoms with Gasteiger partial charge in [0.25, 0.3) is 0 Å². The third kappa shape index (κ3) is 8.44. The highest BCUT2D eigenvalue weighted by Gasteiger charge is 2.27. The van der Waals surface area contributed by atoms with Crippen LogP contribution in [0.4, 0.5) is 0 Å². The fourth-order valence-corrected chi connectivity index (χ4v) is 19.5. The second-order valence-corrected chi connectivity index (χ2v) is 30.1. The second-order valence-electron chi connectivity index (χ2n) is 27.9. The minimum atomic E-state index is 0.536. The normalized spacial score (nSPS) is 12.3. The van der Waals surface area contributed by atoms with Crippen LogP contribution >= 0.6 is 22.7 Å². The number of nitrogens with zero attached hydrogens (tertiary/aromatic N) is 6. The molecule has 0 unspecified atom stereocenters. The van der Waals surface area contributed by atoms with E-state index in [4.69, 9.17) is 28.8 Å². The van der Waals surface area contributed by atoms with Gasteiger partial charge in [-0.05, 0) is 155 Å². The molecule has 0 aliphatic heterocycles. The molecule has 8 heterocycles. The van der Waals surface area contributed by atoms with E-state index in [1.54, 1.807) is 22.7 Å². The Labute approximate surface area is 610 Å². The Morgan fingerprint density at radius 2 is 0.632 bits per heavy atom. The van der Waals surface area contributed by atoms with Gasteiger partial charge in [-0.2, -0.15) is 4.98 Å². The van der Waals surface area contributed by atoms with Crippen molar-refractivity contribution in [1.29, 1.82) is 0 Å². The molecule has 106 heavy (non-hydrogen) atoms. The molecule has 10 heteroatoms. The van der Waals surface area contributed by atoms with Gasteiger partial charge in [-0.25, -0.2) is 15.0 Å². The molecule has 0 saturated carbocycles. The summed E-state index contributed by atoms with van der Waals surface area (Å²) in [5, 5.41) is 21.9. The third-order valence-corrected chi connectivity index (χ3v) is 24.4. The average Bonchev–Trinajstić information content (AvgIpc) is 1.56. The third-order valence-electron chi connectivity index (χ3n) is 22.2. The largest absolute Gasteiger partial charge is 0.452 e. The van der Waals surface area contributed by atoms with Gasteiger partial charge in [0.05, 0.1) is 33.1 Å². The van der Waals surface area contributed by atoms with Gasteiger partial charge >= 0.3 is 0 Å². The minimum absolute atomic E-state index is 0.536. The van der Waals surface area contributed by atoms with Crippen LogP contribution in [0.25, 0.3) is 239 Å². The van der Waals surface area contributed by atoms with Crippen LogP contribution < -0.4 is 0 Å². The summed E-state index contributed by atoms with van der Waals surface area (Å²) in [4.78, 5) is 22.3. The van der Waals surface area contributed by atoms with E-state index in [1.807, 2.05) is 6.07 Å². The summed E-state index contributed by atoms with van der Waals surface area (Å²) in [6.45, 7) is 0. The molecule has 8 nitrogen and oxygen atoms in total. The van der Waals surface area contributed by atoms with Crippen molar-refractivity contribution < 1.29 is 8.83 Å². The molecule has 24 aromatic rings. The van der Waals surface area contributed by atoms with Crippen LogP contribution in [0.15, 0.2) is 324 Å². The lowest BCUT2D eigenvalue weighted by Crippen LogP contribution is -2.03. The first-order valence-corrected chi connectivity index (χ1v) is 37.3. The van der Waals surface area contributed by atoms with Crippen molar-refractivity contribution in [3.63, 3.8) is 0 Å². The van der Waals surface area contributed by atoms with Crippen LogP contribution in [-0.4, -0.2) is 29.1 Å². The molecule has 24 rings (SSSR count). The summed E-state index contributed by atoms with van der Waals surface area (Å²) < 4.78 is 23.4. The summed E-state index contributed by atoms with van der Waals surface area (Å²) in [5.41, 5.74) is 17.7. The van der Waals surface area contributed by atoms with Crippen LogP contribution in [0.5, 0.6) is 0 Å². The van der Waals surface area contributed by atoms with Crippen LogP contribution in [0.1, 0.15) is 0 Å². The van der Waals surface area contributed by atoms with Crippen molar-refractivity contribution in [2.24, 2.45) is 0 Å². The Bertz CT molecular complexity index is 7790. The number of thiophene rings is 2. The molecule has 0 atom stereocenters. The van der Waals surface area contributed by atoms with Crippen LogP contribution in [-0.2, 0) is 0 Å². The first kappa shape index (κ1) is 57.9. The zero-order valence-corrected chi connectivity index (χ0v) is 58.0. The molecule has 0 spiro atoms. The first-order chi connectivity index (χ1) is 52.5. The van der Waals surface area contributed by atoms with Gasteiger partial charge in [0.2, 0.25) is 17.6 Å². The maximum Gasteiger partial charge on any atom is 0.238 e. The Morgan fingerprint density at radius 1 is 0.236 bits per heavy atom. The maximum atomic E-state index is 7.11. The van der Waals surface area contributed by atoms with Crippen LogP contribution in [0, 0.1) is 0 Å². The van der Waals surface area contributed by atoms with Crippen LogP contribution in [0.3, 0.4) is 0 Å².